The lowest BCUT2D eigenvalue weighted by Gasteiger charge is -2.26. The summed E-state index contributed by atoms with van der Waals surface area (Å²) in [6.07, 6.45) is 8.12. The second kappa shape index (κ2) is 3.89. The number of hydrogen-bond donors (Lipinski definition) is 1. The summed E-state index contributed by atoms with van der Waals surface area (Å²) >= 11 is 0. The summed E-state index contributed by atoms with van der Waals surface area (Å²) in [5.74, 6) is 0.703. The van der Waals surface area contributed by atoms with Gasteiger partial charge in [-0.15, -0.1) is 0 Å². The Labute approximate surface area is 97.5 Å². The zero-order valence-corrected chi connectivity index (χ0v) is 9.78. The second-order valence-electron chi connectivity index (χ2n) is 5.55. The van der Waals surface area contributed by atoms with Crippen LogP contribution in [0.2, 0.25) is 0 Å². The minimum Gasteiger partial charge on any atom is -0.390 e. The normalized spacial score (nSPS) is 26.2. The second-order valence-corrected chi connectivity index (χ2v) is 5.55. The maximum Gasteiger partial charge on any atom is 0.0650 e. The van der Waals surface area contributed by atoms with Crippen LogP contribution < -0.4 is 0 Å². The highest BCUT2D eigenvalue weighted by atomic mass is 16.3. The van der Waals surface area contributed by atoms with Crippen molar-refractivity contribution in [2.75, 3.05) is 0 Å². The number of fused-ring (bicyclic) bond motifs is 1. The summed E-state index contributed by atoms with van der Waals surface area (Å²) in [4.78, 5) is 0. The van der Waals surface area contributed by atoms with Crippen molar-refractivity contribution in [1.82, 2.24) is 0 Å². The molecule has 0 amide bonds. The average molecular weight is 216 g/mol. The van der Waals surface area contributed by atoms with Crippen molar-refractivity contribution < 1.29 is 5.11 Å². The van der Waals surface area contributed by atoms with Gasteiger partial charge in [0.15, 0.2) is 0 Å². The predicted molar refractivity (Wildman–Crippen MR) is 65.5 cm³/mol. The van der Waals surface area contributed by atoms with Crippen LogP contribution in [0.1, 0.15) is 55.6 Å². The van der Waals surface area contributed by atoms with E-state index in [0.29, 0.717) is 5.92 Å². The molecule has 3 rings (SSSR count). The van der Waals surface area contributed by atoms with Gasteiger partial charge in [-0.25, -0.2) is 0 Å². The Hall–Kier alpha value is -0.820. The Morgan fingerprint density at radius 3 is 2.88 bits per heavy atom. The molecule has 16 heavy (non-hydrogen) atoms. The Kier molecular flexibility index (Phi) is 2.51. The zero-order valence-electron chi connectivity index (χ0n) is 9.78. The van der Waals surface area contributed by atoms with Gasteiger partial charge in [-0.05, 0) is 62.0 Å². The molecule has 0 spiro atoms. The minimum atomic E-state index is -0.271. The third-order valence-electron chi connectivity index (χ3n) is 4.28. The fourth-order valence-electron chi connectivity index (χ4n) is 2.99. The van der Waals surface area contributed by atoms with Crippen molar-refractivity contribution in [3.63, 3.8) is 0 Å². The van der Waals surface area contributed by atoms with Gasteiger partial charge in [0.25, 0.3) is 0 Å². The van der Waals surface area contributed by atoms with E-state index >= 15 is 0 Å². The largest absolute Gasteiger partial charge is 0.390 e. The number of aryl methyl sites for hydroxylation is 1. The maximum atomic E-state index is 9.91. The van der Waals surface area contributed by atoms with E-state index in [1.165, 1.54) is 25.7 Å². The van der Waals surface area contributed by atoms with E-state index in [4.69, 9.17) is 0 Å². The van der Waals surface area contributed by atoms with Gasteiger partial charge in [-0.2, -0.15) is 0 Å². The van der Waals surface area contributed by atoms with Gasteiger partial charge in [0.05, 0.1) is 5.60 Å². The molecule has 0 radical (unpaired) electrons. The molecule has 1 saturated carbocycles. The van der Waals surface area contributed by atoms with Gasteiger partial charge in [-0.3, -0.25) is 0 Å². The van der Waals surface area contributed by atoms with E-state index in [-0.39, 0.29) is 5.60 Å². The molecule has 1 atom stereocenters. The van der Waals surface area contributed by atoms with Gasteiger partial charge in [0, 0.05) is 0 Å². The van der Waals surface area contributed by atoms with Gasteiger partial charge in [0.2, 0.25) is 0 Å². The molecule has 1 fully saturated rings. The molecule has 0 aliphatic heterocycles. The van der Waals surface area contributed by atoms with Crippen LogP contribution >= 0.6 is 0 Å². The first-order valence-corrected chi connectivity index (χ1v) is 6.57. The summed E-state index contributed by atoms with van der Waals surface area (Å²) < 4.78 is 0. The molecule has 1 nitrogen and oxygen atoms in total. The topological polar surface area (TPSA) is 20.2 Å². The van der Waals surface area contributed by atoms with Gasteiger partial charge in [0.1, 0.15) is 0 Å². The van der Waals surface area contributed by atoms with E-state index < -0.39 is 0 Å². The maximum absolute atomic E-state index is 9.91. The molecule has 1 N–H and O–H groups in total. The first kappa shape index (κ1) is 10.3. The summed E-state index contributed by atoms with van der Waals surface area (Å²) in [6, 6.07) is 8.86. The number of aliphatic hydroxyl groups is 1. The first-order chi connectivity index (χ1) is 7.77. The monoisotopic (exact) mass is 216 g/mol. The highest BCUT2D eigenvalue weighted by Crippen LogP contribution is 2.43. The summed E-state index contributed by atoms with van der Waals surface area (Å²) in [5, 5.41) is 9.91. The van der Waals surface area contributed by atoms with Crippen LogP contribution in [0.4, 0.5) is 0 Å². The molecule has 86 valence electrons. The van der Waals surface area contributed by atoms with Crippen LogP contribution in [-0.2, 0) is 6.42 Å². The van der Waals surface area contributed by atoms with Crippen molar-refractivity contribution in [3.8, 4) is 0 Å². The molecule has 1 heteroatoms. The number of benzene rings is 1. The van der Waals surface area contributed by atoms with Crippen molar-refractivity contribution in [2.24, 2.45) is 0 Å². The van der Waals surface area contributed by atoms with Crippen LogP contribution in [0.5, 0.6) is 0 Å². The minimum absolute atomic E-state index is 0.271. The van der Waals surface area contributed by atoms with E-state index in [9.17, 15) is 5.11 Å². The molecule has 1 aromatic carbocycles. The Bertz CT molecular complexity index is 379. The standard InChI is InChI=1S/C15H20O/c16-15(10-11-15)9-8-13-6-3-5-12-4-1-2-7-14(12)13/h1-2,4,7,13,16H,3,5-6,8-11H2. The fourth-order valence-corrected chi connectivity index (χ4v) is 2.99. The quantitative estimate of drug-likeness (QED) is 0.821. The van der Waals surface area contributed by atoms with Crippen LogP contribution in [0.25, 0.3) is 0 Å². The molecular formula is C15H20O. The third kappa shape index (κ3) is 2.01. The van der Waals surface area contributed by atoms with Gasteiger partial charge >= 0.3 is 0 Å². The number of rotatable bonds is 3. The molecule has 2 aliphatic rings. The summed E-state index contributed by atoms with van der Waals surface area (Å²) in [6.45, 7) is 0. The SMILES string of the molecule is OC1(CCC2CCCc3ccccc32)CC1. The Morgan fingerprint density at radius 2 is 2.06 bits per heavy atom. The van der Waals surface area contributed by atoms with Gasteiger partial charge < -0.3 is 5.11 Å². The van der Waals surface area contributed by atoms with Crippen LogP contribution in [0.15, 0.2) is 24.3 Å². The molecule has 0 aromatic heterocycles. The third-order valence-corrected chi connectivity index (χ3v) is 4.28. The lowest BCUT2D eigenvalue weighted by molar-refractivity contribution is 0.133. The molecule has 0 bridgehead atoms. The molecular weight excluding hydrogens is 196 g/mol. The molecule has 0 saturated heterocycles. The van der Waals surface area contributed by atoms with Crippen LogP contribution in [0.3, 0.4) is 0 Å². The molecule has 0 heterocycles. The van der Waals surface area contributed by atoms with E-state index in [1.54, 1.807) is 11.1 Å². The van der Waals surface area contributed by atoms with Crippen LogP contribution in [0, 0.1) is 0 Å². The summed E-state index contributed by atoms with van der Waals surface area (Å²) in [7, 11) is 0. The highest BCUT2D eigenvalue weighted by molar-refractivity contribution is 5.32. The predicted octanol–water partition coefficient (Wildman–Crippen LogP) is 3.41. The van der Waals surface area contributed by atoms with Crippen molar-refractivity contribution >= 4 is 0 Å². The lowest BCUT2D eigenvalue weighted by Crippen LogP contribution is -2.13. The number of hydrogen-bond acceptors (Lipinski definition) is 1. The van der Waals surface area contributed by atoms with Crippen molar-refractivity contribution in [2.45, 2.75) is 56.5 Å². The zero-order chi connectivity index (χ0) is 11.0. The van der Waals surface area contributed by atoms with E-state index in [0.717, 1.165) is 19.3 Å². The fraction of sp³-hybridized carbons (Fsp3) is 0.600. The average Bonchev–Trinajstić information content (AvgIpc) is 3.05. The van der Waals surface area contributed by atoms with Gasteiger partial charge in [-0.1, -0.05) is 24.3 Å². The molecule has 1 aromatic rings. The smallest absolute Gasteiger partial charge is 0.0650 e. The molecule has 1 unspecified atom stereocenters. The lowest BCUT2D eigenvalue weighted by atomic mass is 9.80. The Morgan fingerprint density at radius 1 is 1.25 bits per heavy atom. The first-order valence-electron chi connectivity index (χ1n) is 6.57. The van der Waals surface area contributed by atoms with E-state index in [2.05, 4.69) is 24.3 Å². The van der Waals surface area contributed by atoms with E-state index in [1.807, 2.05) is 0 Å². The Balaban J connectivity index is 1.71. The summed E-state index contributed by atoms with van der Waals surface area (Å²) in [5.41, 5.74) is 2.83. The van der Waals surface area contributed by atoms with Crippen LogP contribution in [-0.4, -0.2) is 10.7 Å². The van der Waals surface area contributed by atoms with Crippen molar-refractivity contribution in [3.05, 3.63) is 35.4 Å². The van der Waals surface area contributed by atoms with Crippen molar-refractivity contribution in [1.29, 1.82) is 0 Å². The highest BCUT2D eigenvalue weighted by Gasteiger charge is 2.40. The molecule has 2 aliphatic carbocycles.